The van der Waals surface area contributed by atoms with Crippen LogP contribution in [-0.4, -0.2) is 50.8 Å². The third-order valence-electron chi connectivity index (χ3n) is 4.11. The fourth-order valence-corrected chi connectivity index (χ4v) is 2.88. The van der Waals surface area contributed by atoms with Crippen LogP contribution in [0.2, 0.25) is 0 Å². The molecule has 0 radical (unpaired) electrons. The Morgan fingerprint density at radius 2 is 2.39 bits per heavy atom. The van der Waals surface area contributed by atoms with Crippen LogP contribution in [0.25, 0.3) is 0 Å². The van der Waals surface area contributed by atoms with E-state index in [1.54, 1.807) is 0 Å². The van der Waals surface area contributed by atoms with Gasteiger partial charge in [-0.1, -0.05) is 5.16 Å². The fourth-order valence-electron chi connectivity index (χ4n) is 2.88. The van der Waals surface area contributed by atoms with Gasteiger partial charge in [-0.3, -0.25) is 4.90 Å². The standard InChI is InChI=1S/C15H24N6O2/c1-4-22-11(2)14-18-13(23-19-14)10-21-8-5-16-9-12(21)15-17-6-7-20(15)3/h6-7,11-12,16H,4-5,8-10H2,1-3H3. The van der Waals surface area contributed by atoms with E-state index in [1.807, 2.05) is 33.3 Å². The van der Waals surface area contributed by atoms with Crippen molar-refractivity contribution in [3.8, 4) is 0 Å². The lowest BCUT2D eigenvalue weighted by atomic mass is 10.1. The Bertz CT molecular complexity index is 625. The molecule has 2 atom stereocenters. The van der Waals surface area contributed by atoms with E-state index >= 15 is 0 Å². The topological polar surface area (TPSA) is 81.2 Å². The Morgan fingerprint density at radius 3 is 3.13 bits per heavy atom. The number of hydrogen-bond donors (Lipinski definition) is 1. The summed E-state index contributed by atoms with van der Waals surface area (Å²) in [6, 6.07) is 0.198. The second-order valence-corrected chi connectivity index (χ2v) is 5.73. The van der Waals surface area contributed by atoms with Gasteiger partial charge in [0.1, 0.15) is 11.9 Å². The molecular weight excluding hydrogens is 296 g/mol. The molecule has 3 rings (SSSR count). The normalized spacial score (nSPS) is 20.7. The van der Waals surface area contributed by atoms with Crippen LogP contribution in [0.3, 0.4) is 0 Å². The fraction of sp³-hybridized carbons (Fsp3) is 0.667. The first-order chi connectivity index (χ1) is 11.2. The van der Waals surface area contributed by atoms with Crippen LogP contribution in [0.5, 0.6) is 0 Å². The highest BCUT2D eigenvalue weighted by Gasteiger charge is 2.28. The van der Waals surface area contributed by atoms with E-state index in [2.05, 4.69) is 29.9 Å². The zero-order chi connectivity index (χ0) is 16.2. The molecule has 1 fully saturated rings. The minimum atomic E-state index is -0.147. The van der Waals surface area contributed by atoms with Crippen molar-refractivity contribution in [1.29, 1.82) is 0 Å². The molecule has 0 amide bonds. The molecule has 0 bridgehead atoms. The molecule has 0 aliphatic carbocycles. The van der Waals surface area contributed by atoms with Crippen molar-refractivity contribution in [2.24, 2.45) is 7.05 Å². The van der Waals surface area contributed by atoms with Crippen LogP contribution >= 0.6 is 0 Å². The lowest BCUT2D eigenvalue weighted by Gasteiger charge is -2.34. The summed E-state index contributed by atoms with van der Waals surface area (Å²) in [7, 11) is 2.02. The second-order valence-electron chi connectivity index (χ2n) is 5.73. The summed E-state index contributed by atoms with van der Waals surface area (Å²) in [5.41, 5.74) is 0. The molecule has 126 valence electrons. The van der Waals surface area contributed by atoms with Gasteiger partial charge in [0.05, 0.1) is 12.6 Å². The molecule has 0 saturated carbocycles. The van der Waals surface area contributed by atoms with Crippen molar-refractivity contribution >= 4 is 0 Å². The van der Waals surface area contributed by atoms with Crippen molar-refractivity contribution in [3.05, 3.63) is 29.9 Å². The van der Waals surface area contributed by atoms with E-state index in [1.165, 1.54) is 0 Å². The number of imidazole rings is 1. The highest BCUT2D eigenvalue weighted by molar-refractivity contribution is 5.03. The number of nitrogens with one attached hydrogen (secondary N) is 1. The van der Waals surface area contributed by atoms with Gasteiger partial charge in [-0.25, -0.2) is 4.98 Å². The van der Waals surface area contributed by atoms with Gasteiger partial charge in [0, 0.05) is 45.7 Å². The predicted molar refractivity (Wildman–Crippen MR) is 83.6 cm³/mol. The van der Waals surface area contributed by atoms with Gasteiger partial charge in [-0.15, -0.1) is 0 Å². The summed E-state index contributed by atoms with van der Waals surface area (Å²) in [5, 5.41) is 7.46. The number of piperazine rings is 1. The average Bonchev–Trinajstić information content (AvgIpc) is 3.17. The number of nitrogens with zero attached hydrogens (tertiary/aromatic N) is 5. The predicted octanol–water partition coefficient (Wildman–Crippen LogP) is 1.05. The summed E-state index contributed by atoms with van der Waals surface area (Å²) >= 11 is 0. The number of rotatable bonds is 6. The molecule has 8 nitrogen and oxygen atoms in total. The molecule has 2 aromatic rings. The number of ether oxygens (including phenoxy) is 1. The molecule has 1 aliphatic heterocycles. The average molecular weight is 320 g/mol. The molecular formula is C15H24N6O2. The lowest BCUT2D eigenvalue weighted by Crippen LogP contribution is -2.46. The maximum Gasteiger partial charge on any atom is 0.240 e. The molecule has 1 aliphatic rings. The van der Waals surface area contributed by atoms with Gasteiger partial charge < -0.3 is 19.1 Å². The summed E-state index contributed by atoms with van der Waals surface area (Å²) in [5.74, 6) is 2.26. The van der Waals surface area contributed by atoms with Crippen molar-refractivity contribution in [2.45, 2.75) is 32.5 Å². The Hall–Kier alpha value is -1.77. The molecule has 3 heterocycles. The van der Waals surface area contributed by atoms with Crippen molar-refractivity contribution in [3.63, 3.8) is 0 Å². The van der Waals surface area contributed by atoms with Crippen LogP contribution in [0.4, 0.5) is 0 Å². The molecule has 2 unspecified atom stereocenters. The highest BCUT2D eigenvalue weighted by Crippen LogP contribution is 2.23. The third kappa shape index (κ3) is 3.60. The first-order valence-electron chi connectivity index (χ1n) is 8.05. The Labute approximate surface area is 135 Å². The van der Waals surface area contributed by atoms with Gasteiger partial charge >= 0.3 is 0 Å². The molecule has 0 spiro atoms. The van der Waals surface area contributed by atoms with Crippen LogP contribution in [0, 0.1) is 0 Å². The smallest absolute Gasteiger partial charge is 0.240 e. The molecule has 0 aromatic carbocycles. The maximum absolute atomic E-state index is 5.51. The Morgan fingerprint density at radius 1 is 1.52 bits per heavy atom. The second kappa shape index (κ2) is 7.20. The van der Waals surface area contributed by atoms with Gasteiger partial charge in [-0.2, -0.15) is 4.98 Å². The Kier molecular flexibility index (Phi) is 5.04. The summed E-state index contributed by atoms with van der Waals surface area (Å²) in [4.78, 5) is 11.3. The van der Waals surface area contributed by atoms with Crippen LogP contribution in [0.15, 0.2) is 16.9 Å². The van der Waals surface area contributed by atoms with E-state index in [4.69, 9.17) is 9.26 Å². The number of hydrogen-bond acceptors (Lipinski definition) is 7. The molecule has 1 N–H and O–H groups in total. The molecule has 23 heavy (non-hydrogen) atoms. The van der Waals surface area contributed by atoms with Gasteiger partial charge in [0.25, 0.3) is 0 Å². The lowest BCUT2D eigenvalue weighted by molar-refractivity contribution is 0.0683. The van der Waals surface area contributed by atoms with Crippen molar-refractivity contribution in [1.82, 2.24) is 29.9 Å². The summed E-state index contributed by atoms with van der Waals surface area (Å²) in [6.07, 6.45) is 3.65. The number of aromatic nitrogens is 4. The highest BCUT2D eigenvalue weighted by atomic mass is 16.5. The zero-order valence-corrected chi connectivity index (χ0v) is 13.9. The largest absolute Gasteiger partial charge is 0.371 e. The SMILES string of the molecule is CCOC(C)c1noc(CN2CCNCC2c2nccn2C)n1. The Balaban J connectivity index is 1.71. The molecule has 8 heteroatoms. The van der Waals surface area contributed by atoms with E-state index in [0.29, 0.717) is 24.9 Å². The number of aryl methyl sites for hydroxylation is 1. The minimum absolute atomic E-state index is 0.147. The molecule has 1 saturated heterocycles. The van der Waals surface area contributed by atoms with Crippen molar-refractivity contribution < 1.29 is 9.26 Å². The van der Waals surface area contributed by atoms with E-state index in [0.717, 1.165) is 25.5 Å². The van der Waals surface area contributed by atoms with Gasteiger partial charge in [0.15, 0.2) is 5.82 Å². The van der Waals surface area contributed by atoms with Gasteiger partial charge in [-0.05, 0) is 13.8 Å². The monoisotopic (exact) mass is 320 g/mol. The van der Waals surface area contributed by atoms with Crippen LogP contribution < -0.4 is 5.32 Å². The minimum Gasteiger partial charge on any atom is -0.371 e. The summed E-state index contributed by atoms with van der Waals surface area (Å²) < 4.78 is 13.0. The third-order valence-corrected chi connectivity index (χ3v) is 4.11. The van der Waals surface area contributed by atoms with Gasteiger partial charge in [0.2, 0.25) is 5.89 Å². The maximum atomic E-state index is 5.51. The molecule has 2 aromatic heterocycles. The van der Waals surface area contributed by atoms with Crippen LogP contribution in [0.1, 0.15) is 43.5 Å². The summed E-state index contributed by atoms with van der Waals surface area (Å²) in [6.45, 7) is 7.85. The first kappa shape index (κ1) is 16.1. The zero-order valence-electron chi connectivity index (χ0n) is 13.9. The van der Waals surface area contributed by atoms with Crippen LogP contribution in [-0.2, 0) is 18.3 Å². The van der Waals surface area contributed by atoms with Crippen molar-refractivity contribution in [2.75, 3.05) is 26.2 Å². The first-order valence-corrected chi connectivity index (χ1v) is 8.05. The van der Waals surface area contributed by atoms with E-state index in [-0.39, 0.29) is 12.1 Å². The van der Waals surface area contributed by atoms with E-state index < -0.39 is 0 Å². The van der Waals surface area contributed by atoms with E-state index in [9.17, 15) is 0 Å². The quantitative estimate of drug-likeness (QED) is 0.852.